The molecule has 7 nitrogen and oxygen atoms in total. The molecule has 1 aliphatic heterocycles. The highest BCUT2D eigenvalue weighted by molar-refractivity contribution is 7.09. The molecule has 1 aliphatic rings. The van der Waals surface area contributed by atoms with Crippen LogP contribution in [0.2, 0.25) is 0 Å². The molecular formula is C13H18N4O3S. The minimum atomic E-state index is -0.517. The van der Waals surface area contributed by atoms with Crippen LogP contribution in [0.25, 0.3) is 0 Å². The summed E-state index contributed by atoms with van der Waals surface area (Å²) >= 11 is 1.61. The highest BCUT2D eigenvalue weighted by Crippen LogP contribution is 2.19. The number of hydrogen-bond donors (Lipinski definition) is 2. The van der Waals surface area contributed by atoms with Gasteiger partial charge in [-0.15, -0.1) is 11.3 Å². The van der Waals surface area contributed by atoms with Crippen molar-refractivity contribution in [3.63, 3.8) is 0 Å². The van der Waals surface area contributed by atoms with Gasteiger partial charge in [-0.25, -0.2) is 9.78 Å². The van der Waals surface area contributed by atoms with Crippen LogP contribution in [0.3, 0.4) is 0 Å². The van der Waals surface area contributed by atoms with Crippen molar-refractivity contribution in [3.8, 4) is 0 Å². The molecule has 2 rings (SSSR count). The van der Waals surface area contributed by atoms with Crippen molar-refractivity contribution >= 4 is 29.2 Å². The monoisotopic (exact) mass is 310 g/mol. The number of hydrogen-bond acceptors (Lipinski definition) is 5. The molecule has 0 saturated carbocycles. The minimum Gasteiger partial charge on any atom is -0.354 e. The molecule has 0 radical (unpaired) electrons. The summed E-state index contributed by atoms with van der Waals surface area (Å²) < 4.78 is 0. The van der Waals surface area contributed by atoms with E-state index in [1.807, 2.05) is 5.38 Å². The number of nitrogens with zero attached hydrogens (tertiary/aromatic N) is 2. The van der Waals surface area contributed by atoms with Crippen LogP contribution in [0, 0.1) is 0 Å². The van der Waals surface area contributed by atoms with E-state index < -0.39 is 6.03 Å². The van der Waals surface area contributed by atoms with Crippen molar-refractivity contribution in [1.82, 2.24) is 20.5 Å². The molecule has 0 atom stereocenters. The summed E-state index contributed by atoms with van der Waals surface area (Å²) in [7, 11) is 0. The molecule has 0 bridgehead atoms. The van der Waals surface area contributed by atoms with Gasteiger partial charge in [0.15, 0.2) is 0 Å². The SMILES string of the molecule is CC(C)c1nc(CCNC(=O)CN2C(=O)CNC2=O)cs1. The van der Waals surface area contributed by atoms with Gasteiger partial charge in [-0.05, 0) is 0 Å². The first kappa shape index (κ1) is 15.4. The van der Waals surface area contributed by atoms with Gasteiger partial charge in [0.1, 0.15) is 6.54 Å². The number of rotatable bonds is 6. The highest BCUT2D eigenvalue weighted by Gasteiger charge is 2.29. The van der Waals surface area contributed by atoms with Crippen molar-refractivity contribution in [2.24, 2.45) is 0 Å². The Morgan fingerprint density at radius 2 is 2.29 bits per heavy atom. The molecule has 8 heteroatoms. The standard InChI is InChI=1S/C13H18N4O3S/c1-8(2)12-16-9(7-21-12)3-4-14-10(18)6-17-11(19)5-15-13(17)20/h7-8H,3-6H2,1-2H3,(H,14,18)(H,15,20). The molecule has 1 fully saturated rings. The Morgan fingerprint density at radius 3 is 2.86 bits per heavy atom. The number of carbonyl (C=O) groups excluding carboxylic acids is 3. The molecule has 0 aliphatic carbocycles. The first-order chi connectivity index (χ1) is 9.97. The maximum absolute atomic E-state index is 11.7. The van der Waals surface area contributed by atoms with Crippen molar-refractivity contribution in [2.75, 3.05) is 19.6 Å². The third kappa shape index (κ3) is 4.01. The lowest BCUT2D eigenvalue weighted by Gasteiger charge is -2.11. The molecule has 1 aromatic rings. The van der Waals surface area contributed by atoms with E-state index in [0.717, 1.165) is 15.6 Å². The number of aromatic nitrogens is 1. The van der Waals surface area contributed by atoms with Crippen LogP contribution >= 0.6 is 11.3 Å². The quantitative estimate of drug-likeness (QED) is 0.748. The van der Waals surface area contributed by atoms with Crippen molar-refractivity contribution in [2.45, 2.75) is 26.2 Å². The molecule has 2 N–H and O–H groups in total. The van der Waals surface area contributed by atoms with E-state index in [0.29, 0.717) is 18.9 Å². The predicted octanol–water partition coefficient (Wildman–Crippen LogP) is 0.477. The van der Waals surface area contributed by atoms with E-state index in [9.17, 15) is 14.4 Å². The molecule has 0 unspecified atom stereocenters. The minimum absolute atomic E-state index is 0.0388. The fraction of sp³-hybridized carbons (Fsp3) is 0.538. The van der Waals surface area contributed by atoms with Gasteiger partial charge < -0.3 is 10.6 Å². The first-order valence-electron chi connectivity index (χ1n) is 6.76. The fourth-order valence-corrected chi connectivity index (χ4v) is 2.72. The van der Waals surface area contributed by atoms with Gasteiger partial charge in [0.2, 0.25) is 5.91 Å². The number of urea groups is 1. The normalized spacial score (nSPS) is 14.7. The smallest absolute Gasteiger partial charge is 0.325 e. The Morgan fingerprint density at radius 1 is 1.52 bits per heavy atom. The summed E-state index contributed by atoms with van der Waals surface area (Å²) in [5.41, 5.74) is 0.944. The number of amides is 4. The van der Waals surface area contributed by atoms with Gasteiger partial charge >= 0.3 is 6.03 Å². The second-order valence-electron chi connectivity index (χ2n) is 5.07. The zero-order valence-corrected chi connectivity index (χ0v) is 12.8. The Bertz CT molecular complexity index is 539. The zero-order chi connectivity index (χ0) is 15.4. The lowest BCUT2D eigenvalue weighted by Crippen LogP contribution is -2.41. The second kappa shape index (κ2) is 6.66. The average Bonchev–Trinajstić information content (AvgIpc) is 3.01. The van der Waals surface area contributed by atoms with Gasteiger partial charge in [-0.2, -0.15) is 0 Å². The summed E-state index contributed by atoms with van der Waals surface area (Å²) in [6.45, 7) is 4.33. The highest BCUT2D eigenvalue weighted by atomic mass is 32.1. The first-order valence-corrected chi connectivity index (χ1v) is 7.64. The van der Waals surface area contributed by atoms with Gasteiger partial charge in [0, 0.05) is 24.3 Å². The lowest BCUT2D eigenvalue weighted by atomic mass is 10.2. The lowest BCUT2D eigenvalue weighted by molar-refractivity contribution is -0.130. The number of carbonyl (C=O) groups is 3. The molecule has 114 valence electrons. The van der Waals surface area contributed by atoms with E-state index in [1.165, 1.54) is 0 Å². The van der Waals surface area contributed by atoms with E-state index in [2.05, 4.69) is 29.5 Å². The van der Waals surface area contributed by atoms with Crippen LogP contribution in [0.5, 0.6) is 0 Å². The number of nitrogens with one attached hydrogen (secondary N) is 2. The molecule has 1 aromatic heterocycles. The van der Waals surface area contributed by atoms with Crippen molar-refractivity contribution in [3.05, 3.63) is 16.1 Å². The third-order valence-corrected chi connectivity index (χ3v) is 4.20. The van der Waals surface area contributed by atoms with Crippen molar-refractivity contribution in [1.29, 1.82) is 0 Å². The average molecular weight is 310 g/mol. The van der Waals surface area contributed by atoms with Gasteiger partial charge in [-0.1, -0.05) is 13.8 Å². The van der Waals surface area contributed by atoms with Crippen LogP contribution in [0.15, 0.2) is 5.38 Å². The Balaban J connectivity index is 1.74. The summed E-state index contributed by atoms with van der Waals surface area (Å²) in [4.78, 5) is 39.7. The van der Waals surface area contributed by atoms with Gasteiger partial charge in [0.05, 0.1) is 17.2 Å². The van der Waals surface area contributed by atoms with Gasteiger partial charge in [-0.3, -0.25) is 14.5 Å². The Hall–Kier alpha value is -1.96. The van der Waals surface area contributed by atoms with Crippen LogP contribution in [0.1, 0.15) is 30.5 Å². The molecule has 2 heterocycles. The molecule has 1 saturated heterocycles. The fourth-order valence-electron chi connectivity index (χ4n) is 1.85. The maximum atomic E-state index is 11.7. The van der Waals surface area contributed by atoms with E-state index >= 15 is 0 Å². The van der Waals surface area contributed by atoms with E-state index in [1.54, 1.807) is 11.3 Å². The number of thiazole rings is 1. The Labute approximate surface area is 126 Å². The zero-order valence-electron chi connectivity index (χ0n) is 12.0. The second-order valence-corrected chi connectivity index (χ2v) is 5.96. The van der Waals surface area contributed by atoms with Crippen LogP contribution in [-0.4, -0.2) is 47.4 Å². The van der Waals surface area contributed by atoms with Crippen LogP contribution in [-0.2, 0) is 16.0 Å². The van der Waals surface area contributed by atoms with Crippen LogP contribution in [0.4, 0.5) is 4.79 Å². The molecule has 0 spiro atoms. The summed E-state index contributed by atoms with van der Waals surface area (Å²) in [6, 6.07) is -0.517. The largest absolute Gasteiger partial charge is 0.354 e. The molecule has 0 aromatic carbocycles. The topological polar surface area (TPSA) is 91.4 Å². The van der Waals surface area contributed by atoms with E-state index in [-0.39, 0.29) is 24.9 Å². The predicted molar refractivity (Wildman–Crippen MR) is 78.0 cm³/mol. The van der Waals surface area contributed by atoms with Crippen LogP contribution < -0.4 is 10.6 Å². The third-order valence-electron chi connectivity index (χ3n) is 3.01. The summed E-state index contributed by atoms with van der Waals surface area (Å²) in [6.07, 6.45) is 0.634. The maximum Gasteiger partial charge on any atom is 0.325 e. The summed E-state index contributed by atoms with van der Waals surface area (Å²) in [5, 5.41) is 8.12. The number of imide groups is 1. The molecular weight excluding hydrogens is 292 g/mol. The summed E-state index contributed by atoms with van der Waals surface area (Å²) in [5.74, 6) is -0.325. The Kier molecular flexibility index (Phi) is 4.89. The molecule has 21 heavy (non-hydrogen) atoms. The molecule has 4 amide bonds. The van der Waals surface area contributed by atoms with E-state index in [4.69, 9.17) is 0 Å². The van der Waals surface area contributed by atoms with Crippen molar-refractivity contribution < 1.29 is 14.4 Å². The van der Waals surface area contributed by atoms with Gasteiger partial charge in [0.25, 0.3) is 5.91 Å².